The molecule has 6 nitrogen and oxygen atoms in total. The van der Waals surface area contributed by atoms with Crippen LogP contribution in [0.15, 0.2) is 52.7 Å². The minimum absolute atomic E-state index is 0.168. The lowest BCUT2D eigenvalue weighted by Crippen LogP contribution is -2.14. The quantitative estimate of drug-likeness (QED) is 0.461. The van der Waals surface area contributed by atoms with Crippen LogP contribution in [0.25, 0.3) is 11.3 Å². The molecule has 1 atom stereocenters. The van der Waals surface area contributed by atoms with Crippen LogP contribution in [0.5, 0.6) is 11.5 Å². The van der Waals surface area contributed by atoms with E-state index in [9.17, 15) is 4.79 Å². The molecule has 0 aliphatic carbocycles. The van der Waals surface area contributed by atoms with Gasteiger partial charge in [-0.15, -0.1) is 23.1 Å². The van der Waals surface area contributed by atoms with Gasteiger partial charge in [-0.1, -0.05) is 12.1 Å². The number of thiazole rings is 1. The van der Waals surface area contributed by atoms with Gasteiger partial charge in [0.2, 0.25) is 0 Å². The Morgan fingerprint density at radius 3 is 2.90 bits per heavy atom. The number of rotatable bonds is 8. The van der Waals surface area contributed by atoms with E-state index >= 15 is 0 Å². The van der Waals surface area contributed by atoms with Gasteiger partial charge in [-0.05, 0) is 37.1 Å². The summed E-state index contributed by atoms with van der Waals surface area (Å²) in [5.74, 6) is 2.06. The SMILES string of the molecule is COc1ccc(-c2csc(NC(=O)c3ccccc3SCC3CCCO3)n2)c(OC)c1. The van der Waals surface area contributed by atoms with Gasteiger partial charge in [0.25, 0.3) is 5.91 Å². The molecule has 1 amide bonds. The van der Waals surface area contributed by atoms with Gasteiger partial charge < -0.3 is 14.2 Å². The second kappa shape index (κ2) is 10.2. The van der Waals surface area contributed by atoms with E-state index in [1.54, 1.807) is 26.0 Å². The van der Waals surface area contributed by atoms with Crippen molar-refractivity contribution in [1.82, 2.24) is 4.98 Å². The predicted octanol–water partition coefficient (Wildman–Crippen LogP) is 5.35. The van der Waals surface area contributed by atoms with Gasteiger partial charge in [-0.3, -0.25) is 10.1 Å². The first kappa shape index (κ1) is 21.7. The van der Waals surface area contributed by atoms with E-state index < -0.39 is 0 Å². The Balaban J connectivity index is 1.47. The number of hydrogen-bond donors (Lipinski definition) is 1. The number of methoxy groups -OCH3 is 2. The first-order valence-corrected chi connectivity index (χ1v) is 11.9. The molecule has 0 radical (unpaired) electrons. The fraction of sp³-hybridized carbons (Fsp3) is 0.304. The second-order valence-electron chi connectivity index (χ2n) is 7.00. The molecule has 8 heteroatoms. The number of carbonyl (C=O) groups excluding carboxylic acids is 1. The van der Waals surface area contributed by atoms with E-state index in [1.165, 1.54) is 11.3 Å². The van der Waals surface area contributed by atoms with Crippen molar-refractivity contribution >= 4 is 34.1 Å². The molecule has 162 valence electrons. The van der Waals surface area contributed by atoms with Gasteiger partial charge in [-0.25, -0.2) is 4.98 Å². The van der Waals surface area contributed by atoms with E-state index in [0.29, 0.717) is 22.2 Å². The molecule has 1 aliphatic heterocycles. The van der Waals surface area contributed by atoms with Crippen LogP contribution >= 0.6 is 23.1 Å². The maximum absolute atomic E-state index is 13.0. The fourth-order valence-electron chi connectivity index (χ4n) is 3.37. The molecule has 0 spiro atoms. The van der Waals surface area contributed by atoms with Crippen molar-refractivity contribution in [2.24, 2.45) is 0 Å². The molecule has 1 aromatic heterocycles. The monoisotopic (exact) mass is 456 g/mol. The van der Waals surface area contributed by atoms with Crippen molar-refractivity contribution in [2.75, 3.05) is 31.9 Å². The summed E-state index contributed by atoms with van der Waals surface area (Å²) in [4.78, 5) is 18.5. The number of carbonyl (C=O) groups is 1. The Hall–Kier alpha value is -2.55. The number of amides is 1. The van der Waals surface area contributed by atoms with Crippen LogP contribution in [-0.2, 0) is 4.74 Å². The van der Waals surface area contributed by atoms with Crippen molar-refractivity contribution in [3.63, 3.8) is 0 Å². The topological polar surface area (TPSA) is 69.7 Å². The average Bonchev–Trinajstić information content (AvgIpc) is 3.49. The highest BCUT2D eigenvalue weighted by atomic mass is 32.2. The van der Waals surface area contributed by atoms with Crippen molar-refractivity contribution in [2.45, 2.75) is 23.8 Å². The highest BCUT2D eigenvalue weighted by Gasteiger charge is 2.19. The van der Waals surface area contributed by atoms with Crippen molar-refractivity contribution in [3.8, 4) is 22.8 Å². The predicted molar refractivity (Wildman–Crippen MR) is 125 cm³/mol. The number of nitrogens with one attached hydrogen (secondary N) is 1. The van der Waals surface area contributed by atoms with Crippen LogP contribution in [0.2, 0.25) is 0 Å². The van der Waals surface area contributed by atoms with E-state index in [4.69, 9.17) is 14.2 Å². The maximum atomic E-state index is 13.0. The fourth-order valence-corrected chi connectivity index (χ4v) is 5.19. The van der Waals surface area contributed by atoms with Gasteiger partial charge in [0, 0.05) is 34.3 Å². The molecule has 1 aliphatic rings. The summed E-state index contributed by atoms with van der Waals surface area (Å²) in [5.41, 5.74) is 2.22. The highest BCUT2D eigenvalue weighted by molar-refractivity contribution is 7.99. The molecule has 2 heterocycles. The van der Waals surface area contributed by atoms with Gasteiger partial charge in [-0.2, -0.15) is 0 Å². The number of ether oxygens (including phenoxy) is 3. The molecule has 1 fully saturated rings. The highest BCUT2D eigenvalue weighted by Crippen LogP contribution is 2.35. The van der Waals surface area contributed by atoms with Crippen LogP contribution in [-0.4, -0.2) is 43.6 Å². The summed E-state index contributed by atoms with van der Waals surface area (Å²) in [6.07, 6.45) is 2.46. The van der Waals surface area contributed by atoms with Gasteiger partial charge >= 0.3 is 0 Å². The molecule has 1 saturated heterocycles. The average molecular weight is 457 g/mol. The van der Waals surface area contributed by atoms with Crippen molar-refractivity contribution in [1.29, 1.82) is 0 Å². The van der Waals surface area contributed by atoms with Crippen LogP contribution in [0.4, 0.5) is 5.13 Å². The minimum atomic E-state index is -0.168. The zero-order valence-electron chi connectivity index (χ0n) is 17.4. The summed E-state index contributed by atoms with van der Waals surface area (Å²) in [5, 5.41) is 5.37. The Morgan fingerprint density at radius 1 is 1.26 bits per heavy atom. The zero-order valence-corrected chi connectivity index (χ0v) is 19.1. The number of thioether (sulfide) groups is 1. The lowest BCUT2D eigenvalue weighted by atomic mass is 10.1. The van der Waals surface area contributed by atoms with Crippen LogP contribution in [0.3, 0.4) is 0 Å². The van der Waals surface area contributed by atoms with Gasteiger partial charge in [0.15, 0.2) is 5.13 Å². The third kappa shape index (κ3) is 5.20. The molecule has 2 aromatic carbocycles. The number of nitrogens with zero attached hydrogens (tertiary/aromatic N) is 1. The Labute approximate surface area is 189 Å². The van der Waals surface area contributed by atoms with E-state index in [-0.39, 0.29) is 12.0 Å². The summed E-state index contributed by atoms with van der Waals surface area (Å²) >= 11 is 3.04. The van der Waals surface area contributed by atoms with Crippen LogP contribution < -0.4 is 14.8 Å². The van der Waals surface area contributed by atoms with Crippen LogP contribution in [0, 0.1) is 0 Å². The minimum Gasteiger partial charge on any atom is -0.497 e. The Kier molecular flexibility index (Phi) is 7.11. The molecule has 0 saturated carbocycles. The van der Waals surface area contributed by atoms with Gasteiger partial charge in [0.05, 0.1) is 31.6 Å². The second-order valence-corrected chi connectivity index (χ2v) is 8.92. The standard InChI is InChI=1S/C23H24N2O4S2/c1-27-15-9-10-17(20(12-15)28-2)19-14-31-23(24-19)25-22(26)18-7-3-4-8-21(18)30-13-16-6-5-11-29-16/h3-4,7-10,12,14,16H,5-6,11,13H2,1-2H3,(H,24,25,26). The molecule has 4 rings (SSSR count). The van der Waals surface area contributed by atoms with Crippen LogP contribution in [0.1, 0.15) is 23.2 Å². The molecule has 31 heavy (non-hydrogen) atoms. The zero-order chi connectivity index (χ0) is 21.6. The number of hydrogen-bond acceptors (Lipinski definition) is 7. The molecule has 0 bridgehead atoms. The Morgan fingerprint density at radius 2 is 2.13 bits per heavy atom. The first-order chi connectivity index (χ1) is 15.2. The number of anilines is 1. The van der Waals surface area contributed by atoms with E-state index in [0.717, 1.165) is 41.4 Å². The summed E-state index contributed by atoms with van der Waals surface area (Å²) in [6, 6.07) is 13.2. The smallest absolute Gasteiger partial charge is 0.258 e. The Bertz CT molecular complexity index is 1050. The number of aromatic nitrogens is 1. The molecular formula is C23H24N2O4S2. The maximum Gasteiger partial charge on any atom is 0.258 e. The lowest BCUT2D eigenvalue weighted by molar-refractivity contribution is 0.102. The van der Waals surface area contributed by atoms with E-state index in [1.807, 2.05) is 47.8 Å². The summed E-state index contributed by atoms with van der Waals surface area (Å²) in [7, 11) is 3.22. The van der Waals surface area contributed by atoms with Crippen molar-refractivity contribution < 1.29 is 19.0 Å². The van der Waals surface area contributed by atoms with E-state index in [2.05, 4.69) is 10.3 Å². The van der Waals surface area contributed by atoms with Crippen molar-refractivity contribution in [3.05, 3.63) is 53.4 Å². The third-order valence-corrected chi connectivity index (χ3v) is 6.95. The summed E-state index contributed by atoms with van der Waals surface area (Å²) in [6.45, 7) is 0.832. The number of benzene rings is 2. The molecule has 1 N–H and O–H groups in total. The lowest BCUT2D eigenvalue weighted by Gasteiger charge is -2.11. The molecule has 1 unspecified atom stereocenters. The summed E-state index contributed by atoms with van der Waals surface area (Å²) < 4.78 is 16.4. The molecule has 3 aromatic rings. The third-order valence-electron chi connectivity index (χ3n) is 4.99. The largest absolute Gasteiger partial charge is 0.497 e. The van der Waals surface area contributed by atoms with Gasteiger partial charge in [0.1, 0.15) is 11.5 Å². The molecular weight excluding hydrogens is 432 g/mol. The normalized spacial score (nSPS) is 15.6. The first-order valence-electron chi connectivity index (χ1n) is 10.0.